The quantitative estimate of drug-likeness (QED) is 0.526. The van der Waals surface area contributed by atoms with Crippen molar-refractivity contribution in [3.8, 4) is 18.1 Å². The molecule has 2 aromatic rings. The second-order valence-corrected chi connectivity index (χ2v) is 10.1. The minimum Gasteiger partial charge on any atom is -0.508 e. The first-order valence-electron chi connectivity index (χ1n) is 13.2. The highest BCUT2D eigenvalue weighted by atomic mass is 16.5. The largest absolute Gasteiger partial charge is 0.508 e. The van der Waals surface area contributed by atoms with Gasteiger partial charge in [0.25, 0.3) is 0 Å². The third-order valence-corrected chi connectivity index (χ3v) is 7.41. The lowest BCUT2D eigenvalue weighted by molar-refractivity contribution is -0.189. The average Bonchev–Trinajstić information content (AvgIpc) is 3.45. The van der Waals surface area contributed by atoms with Crippen molar-refractivity contribution in [3.05, 3.63) is 65.7 Å². The summed E-state index contributed by atoms with van der Waals surface area (Å²) in [6.07, 6.45) is 6.83. The molecule has 2 unspecified atom stereocenters. The van der Waals surface area contributed by atoms with Gasteiger partial charge in [0.15, 0.2) is 0 Å². The van der Waals surface area contributed by atoms with Gasteiger partial charge >= 0.3 is 6.03 Å². The van der Waals surface area contributed by atoms with E-state index >= 15 is 0 Å². The van der Waals surface area contributed by atoms with Crippen molar-refractivity contribution in [2.45, 2.75) is 44.1 Å². The highest BCUT2D eigenvalue weighted by Crippen LogP contribution is 2.29. The summed E-state index contributed by atoms with van der Waals surface area (Å²) in [5.41, 5.74) is 1.73. The lowest BCUT2D eigenvalue weighted by Gasteiger charge is -2.55. The zero-order valence-electron chi connectivity index (χ0n) is 21.7. The number of amides is 4. The van der Waals surface area contributed by atoms with Crippen molar-refractivity contribution < 1.29 is 24.2 Å². The number of piperazine rings is 1. The number of carbonyl (C=O) groups is 3. The van der Waals surface area contributed by atoms with E-state index in [4.69, 9.17) is 11.2 Å². The van der Waals surface area contributed by atoms with Crippen LogP contribution in [0.15, 0.2) is 54.6 Å². The van der Waals surface area contributed by atoms with Gasteiger partial charge < -0.3 is 25.0 Å². The summed E-state index contributed by atoms with van der Waals surface area (Å²) in [4.78, 5) is 44.3. The molecular weight excluding hydrogens is 498 g/mol. The van der Waals surface area contributed by atoms with Crippen LogP contribution in [0.25, 0.3) is 0 Å². The van der Waals surface area contributed by atoms with Crippen LogP contribution >= 0.6 is 0 Å². The summed E-state index contributed by atoms with van der Waals surface area (Å²) in [7, 11) is 0. The molecule has 2 N–H and O–H groups in total. The van der Waals surface area contributed by atoms with Gasteiger partial charge in [-0.3, -0.25) is 9.59 Å². The number of carbonyl (C=O) groups excluding carboxylic acids is 3. The van der Waals surface area contributed by atoms with Crippen LogP contribution in [0.5, 0.6) is 5.75 Å². The SMILES string of the molecule is C#CCN1CC(=O)N2C(CN(CC3CCCO3)C(=O)[C@@H]2Cc2ccc(O)cc2)N1C(=O)NCc1ccccc1. The minimum absolute atomic E-state index is 0.0666. The summed E-state index contributed by atoms with van der Waals surface area (Å²) in [5.74, 6) is 2.22. The number of phenolic OH excluding ortho intramolecular Hbond substituents is 1. The molecule has 0 radical (unpaired) electrons. The zero-order valence-corrected chi connectivity index (χ0v) is 21.7. The summed E-state index contributed by atoms with van der Waals surface area (Å²) >= 11 is 0. The van der Waals surface area contributed by atoms with Crippen LogP contribution in [0.3, 0.4) is 0 Å². The van der Waals surface area contributed by atoms with Crippen molar-refractivity contribution in [1.82, 2.24) is 25.1 Å². The molecule has 0 saturated carbocycles. The number of nitrogens with one attached hydrogen (secondary N) is 1. The number of phenols is 1. The highest BCUT2D eigenvalue weighted by Gasteiger charge is 2.51. The van der Waals surface area contributed by atoms with Gasteiger partial charge in [0.05, 0.1) is 25.7 Å². The van der Waals surface area contributed by atoms with E-state index in [0.29, 0.717) is 19.7 Å². The molecule has 0 aliphatic carbocycles. The van der Waals surface area contributed by atoms with E-state index in [1.807, 2.05) is 30.3 Å². The Morgan fingerprint density at radius 2 is 1.87 bits per heavy atom. The van der Waals surface area contributed by atoms with Crippen LogP contribution in [0.1, 0.15) is 24.0 Å². The Morgan fingerprint density at radius 1 is 1.10 bits per heavy atom. The van der Waals surface area contributed by atoms with Crippen LogP contribution in [0.4, 0.5) is 4.79 Å². The maximum absolute atomic E-state index is 13.8. The van der Waals surface area contributed by atoms with Crippen LogP contribution in [0, 0.1) is 12.3 Å². The normalized spacial score (nSPS) is 23.5. The number of hydrazine groups is 1. The molecule has 2 aromatic carbocycles. The number of benzene rings is 2. The van der Waals surface area contributed by atoms with E-state index in [1.165, 1.54) is 9.91 Å². The van der Waals surface area contributed by atoms with Crippen molar-refractivity contribution in [1.29, 1.82) is 0 Å². The number of terminal acetylenes is 1. The number of hydrogen-bond acceptors (Lipinski definition) is 6. The van der Waals surface area contributed by atoms with Crippen LogP contribution < -0.4 is 5.32 Å². The minimum atomic E-state index is -0.820. The Kier molecular flexibility index (Phi) is 8.00. The number of fused-ring (bicyclic) bond motifs is 1. The van der Waals surface area contributed by atoms with Gasteiger partial charge in [-0.25, -0.2) is 9.80 Å². The Balaban J connectivity index is 1.46. The Labute approximate surface area is 228 Å². The van der Waals surface area contributed by atoms with E-state index in [2.05, 4.69) is 11.2 Å². The molecule has 3 heterocycles. The van der Waals surface area contributed by atoms with Gasteiger partial charge in [-0.15, -0.1) is 6.42 Å². The molecule has 5 rings (SSSR count). The monoisotopic (exact) mass is 531 g/mol. The van der Waals surface area contributed by atoms with E-state index in [-0.39, 0.29) is 49.7 Å². The third kappa shape index (κ3) is 5.85. The van der Waals surface area contributed by atoms with Gasteiger partial charge in [-0.1, -0.05) is 48.4 Å². The maximum Gasteiger partial charge on any atom is 0.334 e. The smallest absolute Gasteiger partial charge is 0.334 e. The first-order chi connectivity index (χ1) is 18.9. The van der Waals surface area contributed by atoms with Crippen LogP contribution in [-0.2, 0) is 27.3 Å². The summed E-state index contributed by atoms with van der Waals surface area (Å²) in [6, 6.07) is 14.9. The van der Waals surface area contributed by atoms with E-state index in [9.17, 15) is 19.5 Å². The van der Waals surface area contributed by atoms with Crippen molar-refractivity contribution >= 4 is 17.8 Å². The predicted molar refractivity (Wildman–Crippen MR) is 143 cm³/mol. The number of aromatic hydroxyl groups is 1. The molecule has 10 heteroatoms. The van der Waals surface area contributed by atoms with E-state index in [1.54, 1.807) is 34.2 Å². The number of rotatable bonds is 7. The summed E-state index contributed by atoms with van der Waals surface area (Å²) < 4.78 is 5.82. The number of nitrogens with zero attached hydrogens (tertiary/aromatic N) is 4. The highest BCUT2D eigenvalue weighted by molar-refractivity contribution is 5.91. The molecule has 3 aliphatic heterocycles. The molecule has 39 heavy (non-hydrogen) atoms. The van der Waals surface area contributed by atoms with Crippen molar-refractivity contribution in [3.63, 3.8) is 0 Å². The Bertz CT molecular complexity index is 1220. The van der Waals surface area contributed by atoms with Gasteiger partial charge in [0.2, 0.25) is 11.8 Å². The predicted octanol–water partition coefficient (Wildman–Crippen LogP) is 1.55. The Morgan fingerprint density at radius 3 is 2.56 bits per heavy atom. The third-order valence-electron chi connectivity index (χ3n) is 7.41. The average molecular weight is 532 g/mol. The molecule has 10 nitrogen and oxygen atoms in total. The number of ether oxygens (including phenoxy) is 1. The lowest BCUT2D eigenvalue weighted by Crippen LogP contribution is -2.77. The fourth-order valence-electron chi connectivity index (χ4n) is 5.55. The molecule has 204 valence electrons. The molecule has 3 aliphatic rings. The lowest BCUT2D eigenvalue weighted by atomic mass is 9.98. The van der Waals surface area contributed by atoms with Gasteiger partial charge in [0, 0.05) is 26.1 Å². The molecule has 3 atom stereocenters. The first-order valence-corrected chi connectivity index (χ1v) is 13.2. The van der Waals surface area contributed by atoms with E-state index < -0.39 is 18.2 Å². The summed E-state index contributed by atoms with van der Waals surface area (Å²) in [5, 5.41) is 15.8. The fraction of sp³-hybridized carbons (Fsp3) is 0.414. The molecular formula is C29H33N5O5. The topological polar surface area (TPSA) is 106 Å². The molecule has 3 saturated heterocycles. The van der Waals surface area contributed by atoms with Crippen LogP contribution in [0.2, 0.25) is 0 Å². The van der Waals surface area contributed by atoms with Crippen molar-refractivity contribution in [2.24, 2.45) is 0 Å². The van der Waals surface area contributed by atoms with Gasteiger partial charge in [0.1, 0.15) is 18.0 Å². The van der Waals surface area contributed by atoms with Crippen LogP contribution in [-0.4, -0.2) is 93.9 Å². The Hall–Kier alpha value is -4.07. The molecule has 0 bridgehead atoms. The second-order valence-electron chi connectivity index (χ2n) is 10.1. The molecule has 4 amide bonds. The maximum atomic E-state index is 13.8. The molecule has 0 aromatic heterocycles. The first kappa shape index (κ1) is 26.5. The van der Waals surface area contributed by atoms with Crippen molar-refractivity contribution in [2.75, 3.05) is 32.8 Å². The standard InChI is InChI=1S/C29H33N5O5/c1-2-14-32-20-27(36)33-25(16-21-10-12-23(35)13-11-21)28(37)31(18-24-9-6-15-39-24)19-26(33)34(32)29(38)30-17-22-7-4-3-5-8-22/h1,3-5,7-8,10-13,24-26,35H,6,9,14-20H2,(H,30,38)/t24?,25-,26?/m0/s1. The number of urea groups is 1. The van der Waals surface area contributed by atoms with Gasteiger partial charge in [-0.05, 0) is 36.1 Å². The molecule has 0 spiro atoms. The zero-order chi connectivity index (χ0) is 27.4. The second kappa shape index (κ2) is 11.8. The number of hydrogen-bond donors (Lipinski definition) is 2. The summed E-state index contributed by atoms with van der Waals surface area (Å²) in [6.45, 7) is 1.44. The fourth-order valence-corrected chi connectivity index (χ4v) is 5.55. The van der Waals surface area contributed by atoms with E-state index in [0.717, 1.165) is 24.0 Å². The molecule has 3 fully saturated rings. The van der Waals surface area contributed by atoms with Gasteiger partial charge in [-0.2, -0.15) is 5.01 Å².